The molecule has 0 aliphatic rings. The largest absolute Gasteiger partial charge is 0.352 e. The molecule has 0 aromatic heterocycles. The number of primary amides is 1. The zero-order valence-corrected chi connectivity index (χ0v) is 9.25. The fourth-order valence-electron chi connectivity index (χ4n) is 1.14. The normalized spacial score (nSPS) is 13.7. The number of hydrogen-bond acceptors (Lipinski definition) is 2. The second kappa shape index (κ2) is 6.86. The number of nitrogens with two attached hydrogens (primary N) is 1. The van der Waals surface area contributed by atoms with Crippen LogP contribution < -0.4 is 16.4 Å². The fourth-order valence-corrected chi connectivity index (χ4v) is 1.14. The quantitative estimate of drug-likeness (QED) is 0.557. The highest BCUT2D eigenvalue weighted by molar-refractivity contribution is 5.86. The third kappa shape index (κ3) is 5.05. The van der Waals surface area contributed by atoms with E-state index in [9.17, 15) is 9.59 Å². The minimum atomic E-state index is -0.686. The lowest BCUT2D eigenvalue weighted by Crippen LogP contribution is -2.51. The number of urea groups is 1. The van der Waals surface area contributed by atoms with Crippen LogP contribution in [-0.2, 0) is 4.79 Å². The Labute approximate surface area is 90.1 Å². The highest BCUT2D eigenvalue weighted by atomic mass is 16.2. The lowest BCUT2D eigenvalue weighted by Gasteiger charge is -2.22. The molecule has 0 aromatic rings. The lowest BCUT2D eigenvalue weighted by atomic mass is 9.98. The molecule has 0 saturated carbocycles. The van der Waals surface area contributed by atoms with Crippen LogP contribution in [0.25, 0.3) is 0 Å². The van der Waals surface area contributed by atoms with Gasteiger partial charge < -0.3 is 16.4 Å². The van der Waals surface area contributed by atoms with Crippen molar-refractivity contribution in [1.82, 2.24) is 10.6 Å². The minimum absolute atomic E-state index is 0.0438. The average Bonchev–Trinajstić information content (AvgIpc) is 2.21. The molecule has 5 heteroatoms. The molecular weight excluding hydrogens is 194 g/mol. The second-order valence-corrected chi connectivity index (χ2v) is 3.41. The maximum absolute atomic E-state index is 11.6. The van der Waals surface area contributed by atoms with E-state index in [0.717, 1.165) is 6.42 Å². The van der Waals surface area contributed by atoms with Crippen LogP contribution in [0.1, 0.15) is 20.3 Å². The standard InChI is InChI=1S/C10H19N3O2/c1-4-6-12-9(14)8(7(3)5-2)13-10(11)15/h4,7-8H,1,5-6H2,2-3H3,(H,12,14)(H3,11,13,15). The molecule has 2 atom stereocenters. The smallest absolute Gasteiger partial charge is 0.312 e. The van der Waals surface area contributed by atoms with Crippen LogP contribution >= 0.6 is 0 Å². The molecule has 0 aliphatic heterocycles. The average molecular weight is 213 g/mol. The predicted octanol–water partition coefficient (Wildman–Crippen LogP) is 0.372. The van der Waals surface area contributed by atoms with Gasteiger partial charge in [-0.25, -0.2) is 4.79 Å². The van der Waals surface area contributed by atoms with Gasteiger partial charge in [-0.05, 0) is 5.92 Å². The zero-order chi connectivity index (χ0) is 11.8. The summed E-state index contributed by atoms with van der Waals surface area (Å²) in [5.41, 5.74) is 5.00. The SMILES string of the molecule is C=CCNC(=O)C(NC(N)=O)C(C)CC. The Balaban J connectivity index is 4.39. The summed E-state index contributed by atoms with van der Waals surface area (Å²) >= 11 is 0. The van der Waals surface area contributed by atoms with Gasteiger partial charge in [0.25, 0.3) is 0 Å². The highest BCUT2D eigenvalue weighted by Gasteiger charge is 2.24. The third-order valence-corrected chi connectivity index (χ3v) is 2.21. The summed E-state index contributed by atoms with van der Waals surface area (Å²) in [6.45, 7) is 7.70. The number of hydrogen-bond donors (Lipinski definition) is 3. The first-order valence-electron chi connectivity index (χ1n) is 4.97. The van der Waals surface area contributed by atoms with Crippen molar-refractivity contribution in [2.75, 3.05) is 6.54 Å². The van der Waals surface area contributed by atoms with E-state index in [1.807, 2.05) is 13.8 Å². The number of amides is 3. The highest BCUT2D eigenvalue weighted by Crippen LogP contribution is 2.07. The van der Waals surface area contributed by atoms with Crippen molar-refractivity contribution in [3.8, 4) is 0 Å². The van der Waals surface area contributed by atoms with Crippen LogP contribution in [0.5, 0.6) is 0 Å². The van der Waals surface area contributed by atoms with Crippen LogP contribution in [0.2, 0.25) is 0 Å². The van der Waals surface area contributed by atoms with E-state index in [0.29, 0.717) is 6.54 Å². The van der Waals surface area contributed by atoms with E-state index in [4.69, 9.17) is 5.73 Å². The Morgan fingerprint density at radius 1 is 1.53 bits per heavy atom. The van der Waals surface area contributed by atoms with Gasteiger partial charge in [-0.2, -0.15) is 0 Å². The monoisotopic (exact) mass is 213 g/mol. The molecule has 5 nitrogen and oxygen atoms in total. The Bertz CT molecular complexity index is 241. The minimum Gasteiger partial charge on any atom is -0.352 e. The van der Waals surface area contributed by atoms with Gasteiger partial charge in [-0.3, -0.25) is 4.79 Å². The Morgan fingerprint density at radius 3 is 2.53 bits per heavy atom. The van der Waals surface area contributed by atoms with Gasteiger partial charge in [0.2, 0.25) is 5.91 Å². The number of carbonyl (C=O) groups excluding carboxylic acids is 2. The summed E-state index contributed by atoms with van der Waals surface area (Å²) in [5, 5.41) is 5.06. The van der Waals surface area contributed by atoms with Gasteiger partial charge in [0, 0.05) is 6.54 Å². The lowest BCUT2D eigenvalue weighted by molar-refractivity contribution is -0.123. The van der Waals surface area contributed by atoms with Crippen LogP contribution in [0.4, 0.5) is 4.79 Å². The van der Waals surface area contributed by atoms with Gasteiger partial charge in [0.15, 0.2) is 0 Å². The molecule has 0 fully saturated rings. The number of carbonyl (C=O) groups is 2. The molecule has 0 bridgehead atoms. The van der Waals surface area contributed by atoms with Crippen molar-refractivity contribution in [3.63, 3.8) is 0 Å². The molecule has 0 spiro atoms. The molecule has 4 N–H and O–H groups in total. The van der Waals surface area contributed by atoms with Crippen molar-refractivity contribution < 1.29 is 9.59 Å². The van der Waals surface area contributed by atoms with Gasteiger partial charge in [0.1, 0.15) is 6.04 Å². The summed E-state index contributed by atoms with van der Waals surface area (Å²) in [5.74, 6) is -0.189. The zero-order valence-electron chi connectivity index (χ0n) is 9.25. The molecule has 0 radical (unpaired) electrons. The van der Waals surface area contributed by atoms with Gasteiger partial charge >= 0.3 is 6.03 Å². The maximum atomic E-state index is 11.6. The fraction of sp³-hybridized carbons (Fsp3) is 0.600. The summed E-state index contributed by atoms with van der Waals surface area (Å²) < 4.78 is 0. The summed E-state index contributed by atoms with van der Waals surface area (Å²) in [4.78, 5) is 22.3. The third-order valence-electron chi connectivity index (χ3n) is 2.21. The molecule has 0 aromatic carbocycles. The van der Waals surface area contributed by atoms with Crippen LogP contribution in [-0.4, -0.2) is 24.5 Å². The van der Waals surface area contributed by atoms with Crippen molar-refractivity contribution in [1.29, 1.82) is 0 Å². The molecule has 86 valence electrons. The van der Waals surface area contributed by atoms with Crippen LogP contribution in [0.15, 0.2) is 12.7 Å². The molecule has 0 heterocycles. The van der Waals surface area contributed by atoms with E-state index in [2.05, 4.69) is 17.2 Å². The number of nitrogens with one attached hydrogen (secondary N) is 2. The van der Waals surface area contributed by atoms with Crippen molar-refractivity contribution >= 4 is 11.9 Å². The van der Waals surface area contributed by atoms with Crippen molar-refractivity contribution in [2.45, 2.75) is 26.3 Å². The molecule has 0 aliphatic carbocycles. The Hall–Kier alpha value is -1.52. The first kappa shape index (κ1) is 13.5. The van der Waals surface area contributed by atoms with Gasteiger partial charge in [-0.1, -0.05) is 26.3 Å². The molecule has 3 amide bonds. The molecule has 0 rings (SSSR count). The first-order valence-corrected chi connectivity index (χ1v) is 4.97. The maximum Gasteiger partial charge on any atom is 0.312 e. The van der Waals surface area contributed by atoms with E-state index in [1.165, 1.54) is 0 Å². The van der Waals surface area contributed by atoms with E-state index < -0.39 is 12.1 Å². The Kier molecular flexibility index (Phi) is 6.17. The number of rotatable bonds is 6. The van der Waals surface area contributed by atoms with Gasteiger partial charge in [-0.15, -0.1) is 6.58 Å². The van der Waals surface area contributed by atoms with Crippen LogP contribution in [0.3, 0.4) is 0 Å². The summed E-state index contributed by atoms with van der Waals surface area (Å²) in [7, 11) is 0. The molecule has 0 saturated heterocycles. The first-order chi connectivity index (χ1) is 7.02. The van der Waals surface area contributed by atoms with E-state index >= 15 is 0 Å². The van der Waals surface area contributed by atoms with Crippen molar-refractivity contribution in [2.24, 2.45) is 11.7 Å². The molecule has 15 heavy (non-hydrogen) atoms. The van der Waals surface area contributed by atoms with E-state index in [-0.39, 0.29) is 11.8 Å². The predicted molar refractivity (Wildman–Crippen MR) is 59.2 cm³/mol. The Morgan fingerprint density at radius 2 is 2.13 bits per heavy atom. The summed E-state index contributed by atoms with van der Waals surface area (Å²) in [6, 6.07) is -1.26. The molecule has 2 unspecified atom stereocenters. The van der Waals surface area contributed by atoms with E-state index in [1.54, 1.807) is 6.08 Å². The second-order valence-electron chi connectivity index (χ2n) is 3.41. The van der Waals surface area contributed by atoms with Gasteiger partial charge in [0.05, 0.1) is 0 Å². The molecular formula is C10H19N3O2. The van der Waals surface area contributed by atoms with Crippen molar-refractivity contribution in [3.05, 3.63) is 12.7 Å². The van der Waals surface area contributed by atoms with Crippen LogP contribution in [0, 0.1) is 5.92 Å². The topological polar surface area (TPSA) is 84.2 Å². The summed E-state index contributed by atoms with van der Waals surface area (Å²) in [6.07, 6.45) is 2.36.